The van der Waals surface area contributed by atoms with Gasteiger partial charge in [0.1, 0.15) is 0 Å². The fraction of sp³-hybridized carbons (Fsp3) is 0.529. The third kappa shape index (κ3) is 3.63. The maximum atomic E-state index is 11.6. The Bertz CT molecular complexity index is 572. The number of aromatic amines is 1. The molecule has 0 amide bonds. The Morgan fingerprint density at radius 3 is 2.33 bits per heavy atom. The topological polar surface area (TPSA) is 55.0 Å². The van der Waals surface area contributed by atoms with E-state index in [-0.39, 0.29) is 5.82 Å². The number of carbonyl (C=O) groups is 1. The van der Waals surface area contributed by atoms with Gasteiger partial charge in [-0.1, -0.05) is 26.7 Å². The van der Waals surface area contributed by atoms with Crippen molar-refractivity contribution in [1.82, 2.24) is 9.97 Å². The van der Waals surface area contributed by atoms with E-state index < -0.39 is 5.97 Å². The number of fused-ring (bicyclic) bond motifs is 1. The number of hydrogen-bond donors (Lipinski definition) is 1. The van der Waals surface area contributed by atoms with E-state index in [0.717, 1.165) is 23.9 Å². The lowest BCUT2D eigenvalue weighted by atomic mass is 9.97. The lowest BCUT2D eigenvalue weighted by molar-refractivity contribution is 0.0588. The lowest BCUT2D eigenvalue weighted by Gasteiger charge is -2.09. The monoisotopic (exact) mass is 288 g/mol. The van der Waals surface area contributed by atoms with Crippen LogP contribution >= 0.6 is 0 Å². The maximum absolute atomic E-state index is 11.6. The summed E-state index contributed by atoms with van der Waals surface area (Å²) in [4.78, 5) is 19.0. The van der Waals surface area contributed by atoms with E-state index in [0.29, 0.717) is 0 Å². The zero-order chi connectivity index (χ0) is 15.2. The van der Waals surface area contributed by atoms with Crippen LogP contribution in [0, 0.1) is 0 Å². The summed E-state index contributed by atoms with van der Waals surface area (Å²) in [6.07, 6.45) is 6.88. The van der Waals surface area contributed by atoms with Gasteiger partial charge in [0.15, 0.2) is 0 Å². The summed E-state index contributed by atoms with van der Waals surface area (Å²) < 4.78 is 4.72. The van der Waals surface area contributed by atoms with Gasteiger partial charge < -0.3 is 9.72 Å². The molecule has 114 valence electrons. The summed E-state index contributed by atoms with van der Waals surface area (Å²) in [6, 6.07) is 4.27. The van der Waals surface area contributed by atoms with Gasteiger partial charge in [-0.3, -0.25) is 0 Å². The zero-order valence-electron chi connectivity index (χ0n) is 13.2. The van der Waals surface area contributed by atoms with Crippen molar-refractivity contribution >= 4 is 17.0 Å². The van der Waals surface area contributed by atoms with E-state index in [1.807, 2.05) is 0 Å². The fourth-order valence-electron chi connectivity index (χ4n) is 2.54. The van der Waals surface area contributed by atoms with Crippen molar-refractivity contribution < 1.29 is 9.53 Å². The second-order valence-corrected chi connectivity index (χ2v) is 5.42. The van der Waals surface area contributed by atoms with E-state index in [1.54, 1.807) is 0 Å². The number of rotatable bonds is 7. The van der Waals surface area contributed by atoms with Crippen molar-refractivity contribution in [2.75, 3.05) is 7.11 Å². The summed E-state index contributed by atoms with van der Waals surface area (Å²) in [5.41, 5.74) is 4.50. The van der Waals surface area contributed by atoms with Crippen molar-refractivity contribution in [2.45, 2.75) is 52.4 Å². The summed E-state index contributed by atoms with van der Waals surface area (Å²) in [5.74, 6) is -0.141. The van der Waals surface area contributed by atoms with E-state index in [1.165, 1.54) is 43.9 Å². The van der Waals surface area contributed by atoms with Crippen LogP contribution in [-0.4, -0.2) is 23.0 Å². The Morgan fingerprint density at radius 2 is 1.76 bits per heavy atom. The number of methoxy groups -OCH3 is 1. The molecule has 0 radical (unpaired) electrons. The van der Waals surface area contributed by atoms with Gasteiger partial charge in [0, 0.05) is 0 Å². The molecule has 1 aromatic heterocycles. The number of ether oxygens (including phenoxy) is 1. The highest BCUT2D eigenvalue weighted by Gasteiger charge is 2.13. The molecule has 0 atom stereocenters. The molecule has 0 spiro atoms. The molecule has 0 saturated carbocycles. The number of imidazole rings is 1. The number of aryl methyl sites for hydroxylation is 2. The maximum Gasteiger partial charge on any atom is 0.374 e. The highest BCUT2D eigenvalue weighted by atomic mass is 16.5. The van der Waals surface area contributed by atoms with Gasteiger partial charge in [-0.2, -0.15) is 0 Å². The molecular formula is C17H24N2O2. The first-order chi connectivity index (χ1) is 10.2. The van der Waals surface area contributed by atoms with Crippen LogP contribution in [0.4, 0.5) is 0 Å². The highest BCUT2D eigenvalue weighted by Crippen LogP contribution is 2.22. The van der Waals surface area contributed by atoms with E-state index in [2.05, 4.69) is 35.9 Å². The minimum atomic E-state index is -0.420. The van der Waals surface area contributed by atoms with Crippen LogP contribution in [0.5, 0.6) is 0 Å². The highest BCUT2D eigenvalue weighted by molar-refractivity contribution is 5.90. The molecule has 1 aromatic carbocycles. The largest absolute Gasteiger partial charge is 0.463 e. The Labute approximate surface area is 125 Å². The van der Waals surface area contributed by atoms with Gasteiger partial charge in [-0.05, 0) is 48.9 Å². The van der Waals surface area contributed by atoms with Gasteiger partial charge in [-0.25, -0.2) is 9.78 Å². The van der Waals surface area contributed by atoms with Crippen LogP contribution in [0.25, 0.3) is 11.0 Å². The van der Waals surface area contributed by atoms with Crippen LogP contribution in [-0.2, 0) is 17.6 Å². The number of nitrogens with one attached hydrogen (secondary N) is 1. The summed E-state index contributed by atoms with van der Waals surface area (Å²) >= 11 is 0. The average molecular weight is 288 g/mol. The predicted molar refractivity (Wildman–Crippen MR) is 84.7 cm³/mol. The van der Waals surface area contributed by atoms with Crippen molar-refractivity contribution in [2.24, 2.45) is 0 Å². The first-order valence-corrected chi connectivity index (χ1v) is 7.79. The fourth-order valence-corrected chi connectivity index (χ4v) is 2.54. The normalized spacial score (nSPS) is 11.0. The van der Waals surface area contributed by atoms with Crippen LogP contribution in [0.1, 0.15) is 61.3 Å². The molecule has 1 heterocycles. The number of hydrogen-bond acceptors (Lipinski definition) is 3. The second-order valence-electron chi connectivity index (χ2n) is 5.42. The van der Waals surface area contributed by atoms with Crippen LogP contribution in [0.3, 0.4) is 0 Å². The van der Waals surface area contributed by atoms with E-state index in [4.69, 9.17) is 4.74 Å². The van der Waals surface area contributed by atoms with Crippen LogP contribution < -0.4 is 0 Å². The van der Waals surface area contributed by atoms with Gasteiger partial charge in [-0.15, -0.1) is 0 Å². The summed E-state index contributed by atoms with van der Waals surface area (Å²) in [6.45, 7) is 4.41. The lowest BCUT2D eigenvalue weighted by Crippen LogP contribution is -2.02. The third-order valence-electron chi connectivity index (χ3n) is 3.78. The number of benzene rings is 1. The molecule has 21 heavy (non-hydrogen) atoms. The molecule has 4 nitrogen and oxygen atoms in total. The van der Waals surface area contributed by atoms with Crippen LogP contribution in [0.15, 0.2) is 12.1 Å². The molecule has 0 aliphatic carbocycles. The number of aromatic nitrogens is 2. The standard InChI is InChI=1S/C17H24N2O2/c1-4-6-8-12-10-14-15(11-13(12)9-7-5-2)19-16(18-14)17(20)21-3/h10-11H,4-9H2,1-3H3,(H,18,19). The van der Waals surface area contributed by atoms with Crippen LogP contribution in [0.2, 0.25) is 0 Å². The predicted octanol–water partition coefficient (Wildman–Crippen LogP) is 4.03. The number of H-pyrrole nitrogens is 1. The molecule has 0 unspecified atom stereocenters. The third-order valence-corrected chi connectivity index (χ3v) is 3.78. The molecule has 1 N–H and O–H groups in total. The first-order valence-electron chi connectivity index (χ1n) is 7.79. The van der Waals surface area contributed by atoms with Gasteiger partial charge in [0.05, 0.1) is 18.1 Å². The molecule has 0 aliphatic rings. The van der Waals surface area contributed by atoms with Crippen molar-refractivity contribution in [3.8, 4) is 0 Å². The quantitative estimate of drug-likeness (QED) is 0.782. The zero-order valence-corrected chi connectivity index (χ0v) is 13.2. The van der Waals surface area contributed by atoms with E-state index in [9.17, 15) is 4.79 Å². The molecule has 0 aliphatic heterocycles. The molecule has 2 rings (SSSR count). The summed E-state index contributed by atoms with van der Waals surface area (Å²) in [7, 11) is 1.37. The number of carbonyl (C=O) groups excluding carboxylic acids is 1. The molecular weight excluding hydrogens is 264 g/mol. The minimum absolute atomic E-state index is 0.279. The van der Waals surface area contributed by atoms with Crippen molar-refractivity contribution in [3.05, 3.63) is 29.1 Å². The first kappa shape index (κ1) is 15.5. The van der Waals surface area contributed by atoms with Crippen molar-refractivity contribution in [1.29, 1.82) is 0 Å². The van der Waals surface area contributed by atoms with Gasteiger partial charge in [0.2, 0.25) is 5.82 Å². The Hall–Kier alpha value is -1.84. The van der Waals surface area contributed by atoms with Gasteiger partial charge >= 0.3 is 5.97 Å². The van der Waals surface area contributed by atoms with E-state index >= 15 is 0 Å². The smallest absolute Gasteiger partial charge is 0.374 e. The Balaban J connectivity index is 2.39. The summed E-state index contributed by atoms with van der Waals surface area (Å²) in [5, 5.41) is 0. The Kier molecular flexibility index (Phi) is 5.37. The molecule has 0 fully saturated rings. The molecule has 0 bridgehead atoms. The minimum Gasteiger partial charge on any atom is -0.463 e. The number of unbranched alkanes of at least 4 members (excludes halogenated alkanes) is 2. The Morgan fingerprint density at radius 1 is 1.14 bits per heavy atom. The molecule has 4 heteroatoms. The SMILES string of the molecule is CCCCc1cc2nc(C(=O)OC)[nH]c2cc1CCCC. The van der Waals surface area contributed by atoms with Crippen molar-refractivity contribution in [3.63, 3.8) is 0 Å². The van der Waals surface area contributed by atoms with Gasteiger partial charge in [0.25, 0.3) is 0 Å². The molecule has 2 aromatic rings. The number of esters is 1. The number of nitrogens with zero attached hydrogens (tertiary/aromatic N) is 1. The molecule has 0 saturated heterocycles. The average Bonchev–Trinajstić information content (AvgIpc) is 2.92. The second kappa shape index (κ2) is 7.25.